The Morgan fingerprint density at radius 3 is 2.95 bits per heavy atom. The fourth-order valence-electron chi connectivity index (χ4n) is 3.33. The van der Waals surface area contributed by atoms with Crippen LogP contribution in [0.2, 0.25) is 0 Å². The molecule has 0 aromatic carbocycles. The Kier molecular flexibility index (Phi) is 2.72. The highest BCUT2D eigenvalue weighted by Crippen LogP contribution is 2.32. The fourth-order valence-corrected chi connectivity index (χ4v) is 3.33. The van der Waals surface area contributed by atoms with Gasteiger partial charge in [-0.2, -0.15) is 0 Å². The number of likely N-dealkylation sites (tertiary alicyclic amines) is 1. The number of aromatic nitrogens is 2. The number of pyridine rings is 1. The predicted molar refractivity (Wildman–Crippen MR) is 75.1 cm³/mol. The molecule has 0 bridgehead atoms. The van der Waals surface area contributed by atoms with Crippen LogP contribution in [0.5, 0.6) is 0 Å². The summed E-state index contributed by atoms with van der Waals surface area (Å²) in [5.74, 6) is -0.383. The van der Waals surface area contributed by atoms with Gasteiger partial charge in [-0.05, 0) is 19.9 Å². The second kappa shape index (κ2) is 4.53. The highest BCUT2D eigenvalue weighted by atomic mass is 16.5. The van der Waals surface area contributed by atoms with Crippen LogP contribution in [0, 0.1) is 25.7 Å². The lowest BCUT2D eigenvalue weighted by Gasteiger charge is -2.17. The number of fused-ring (bicyclic) bond motifs is 2. The normalized spacial score (nSPS) is 23.9. The summed E-state index contributed by atoms with van der Waals surface area (Å²) in [6, 6.07) is 1.75. The van der Waals surface area contributed by atoms with Gasteiger partial charge < -0.3 is 14.2 Å². The third-order valence-electron chi connectivity index (χ3n) is 4.45. The molecule has 0 radical (unpaired) electrons. The van der Waals surface area contributed by atoms with Gasteiger partial charge in [0.1, 0.15) is 0 Å². The van der Waals surface area contributed by atoms with Crippen LogP contribution in [-0.2, 0) is 9.53 Å². The van der Waals surface area contributed by atoms with Crippen molar-refractivity contribution in [1.82, 2.24) is 15.0 Å². The summed E-state index contributed by atoms with van der Waals surface area (Å²) in [7, 11) is 0. The largest absolute Gasteiger partial charge is 0.465 e. The average Bonchev–Trinajstić information content (AvgIpc) is 3.15. The smallest absolute Gasteiger partial charge is 0.311 e. The second-order valence-corrected chi connectivity index (χ2v) is 5.97. The molecule has 0 saturated carbocycles. The van der Waals surface area contributed by atoms with Gasteiger partial charge in [-0.25, -0.2) is 4.98 Å². The molecule has 2 aliphatic rings. The first kappa shape index (κ1) is 13.2. The van der Waals surface area contributed by atoms with Gasteiger partial charge in [0.05, 0.1) is 29.2 Å². The van der Waals surface area contributed by atoms with Crippen LogP contribution < -0.4 is 0 Å². The van der Waals surface area contributed by atoms with E-state index in [9.17, 15) is 9.59 Å². The Bertz CT molecular complexity index is 797. The number of amides is 1. The highest BCUT2D eigenvalue weighted by molar-refractivity contribution is 6.06. The molecular formula is C15H15N3O4. The summed E-state index contributed by atoms with van der Waals surface area (Å²) < 4.78 is 10.2. The van der Waals surface area contributed by atoms with Crippen molar-refractivity contribution in [2.24, 2.45) is 11.8 Å². The van der Waals surface area contributed by atoms with E-state index in [4.69, 9.17) is 9.26 Å². The van der Waals surface area contributed by atoms with Crippen molar-refractivity contribution < 1.29 is 18.8 Å². The summed E-state index contributed by atoms with van der Waals surface area (Å²) in [6.45, 7) is 4.96. The van der Waals surface area contributed by atoms with E-state index in [1.165, 1.54) is 0 Å². The van der Waals surface area contributed by atoms with Gasteiger partial charge >= 0.3 is 5.97 Å². The third kappa shape index (κ3) is 1.81. The van der Waals surface area contributed by atoms with Gasteiger partial charge in [-0.15, -0.1) is 0 Å². The molecule has 2 fully saturated rings. The lowest BCUT2D eigenvalue weighted by Crippen LogP contribution is -2.31. The summed E-state index contributed by atoms with van der Waals surface area (Å²) in [5, 5.41) is 4.54. The second-order valence-electron chi connectivity index (χ2n) is 5.97. The summed E-state index contributed by atoms with van der Waals surface area (Å²) >= 11 is 0. The van der Waals surface area contributed by atoms with Gasteiger partial charge in [0.25, 0.3) is 11.6 Å². The average molecular weight is 301 g/mol. The Balaban J connectivity index is 1.72. The Labute approximate surface area is 126 Å². The van der Waals surface area contributed by atoms with Crippen molar-refractivity contribution in [3.8, 4) is 0 Å². The lowest BCUT2D eigenvalue weighted by molar-refractivity contribution is -0.141. The molecular weight excluding hydrogens is 286 g/mol. The number of cyclic esters (lactones) is 1. The van der Waals surface area contributed by atoms with Gasteiger partial charge in [0.2, 0.25) is 0 Å². The van der Waals surface area contributed by atoms with Crippen molar-refractivity contribution in [3.63, 3.8) is 0 Å². The van der Waals surface area contributed by atoms with Gasteiger partial charge in [-0.1, -0.05) is 5.16 Å². The summed E-state index contributed by atoms with van der Waals surface area (Å²) in [5.41, 5.74) is 2.25. The summed E-state index contributed by atoms with van der Waals surface area (Å²) in [4.78, 5) is 30.5. The van der Waals surface area contributed by atoms with Crippen molar-refractivity contribution in [2.75, 3.05) is 19.7 Å². The number of nitrogens with zero attached hydrogens (tertiary/aromatic N) is 3. The standard InChI is InChI=1S/C15H15N3O4/c1-7-3-10(12-8(2)17-22-13(12)16-7)14(19)18-4-9-6-21-15(20)11(9)5-18/h3,9,11H,4-6H2,1-2H3/t9-,11-/m1/s1. The van der Waals surface area contributed by atoms with Gasteiger partial charge in [-0.3, -0.25) is 9.59 Å². The quantitative estimate of drug-likeness (QED) is 0.733. The van der Waals surface area contributed by atoms with E-state index in [1.54, 1.807) is 17.9 Å². The Morgan fingerprint density at radius 2 is 2.18 bits per heavy atom. The van der Waals surface area contributed by atoms with E-state index < -0.39 is 0 Å². The maximum atomic E-state index is 12.9. The van der Waals surface area contributed by atoms with Crippen molar-refractivity contribution in [3.05, 3.63) is 23.0 Å². The first-order valence-corrected chi connectivity index (χ1v) is 7.24. The molecule has 2 atom stereocenters. The Morgan fingerprint density at radius 1 is 1.36 bits per heavy atom. The summed E-state index contributed by atoms with van der Waals surface area (Å²) in [6.07, 6.45) is 0. The molecule has 1 amide bonds. The van der Waals surface area contributed by atoms with Crippen molar-refractivity contribution in [1.29, 1.82) is 0 Å². The molecule has 2 saturated heterocycles. The van der Waals surface area contributed by atoms with E-state index in [-0.39, 0.29) is 23.7 Å². The molecule has 4 rings (SSSR count). The number of hydrogen-bond acceptors (Lipinski definition) is 6. The molecule has 2 aromatic rings. The van der Waals surface area contributed by atoms with Crippen LogP contribution in [0.4, 0.5) is 0 Å². The molecule has 0 spiro atoms. The monoisotopic (exact) mass is 301 g/mol. The topological polar surface area (TPSA) is 85.5 Å². The van der Waals surface area contributed by atoms with Crippen LogP contribution in [0.3, 0.4) is 0 Å². The van der Waals surface area contributed by atoms with E-state index in [2.05, 4.69) is 10.1 Å². The first-order chi connectivity index (χ1) is 10.5. The number of carbonyl (C=O) groups is 2. The Hall–Kier alpha value is -2.44. The molecule has 2 aliphatic heterocycles. The molecule has 7 nitrogen and oxygen atoms in total. The van der Waals surface area contributed by atoms with Gasteiger partial charge in [0, 0.05) is 24.7 Å². The fraction of sp³-hybridized carbons (Fsp3) is 0.467. The minimum absolute atomic E-state index is 0.107. The van der Waals surface area contributed by atoms with E-state index in [1.807, 2.05) is 6.92 Å². The zero-order valence-corrected chi connectivity index (χ0v) is 12.3. The number of rotatable bonds is 1. The molecule has 0 N–H and O–H groups in total. The zero-order valence-electron chi connectivity index (χ0n) is 12.3. The molecule has 2 aromatic heterocycles. The lowest BCUT2D eigenvalue weighted by atomic mass is 10.0. The number of carbonyl (C=O) groups excluding carboxylic acids is 2. The highest BCUT2D eigenvalue weighted by Gasteiger charge is 2.45. The number of hydrogen-bond donors (Lipinski definition) is 0. The predicted octanol–water partition coefficient (Wildman–Crippen LogP) is 1.08. The minimum atomic E-state index is -0.197. The molecule has 0 unspecified atom stereocenters. The van der Waals surface area contributed by atoms with Crippen LogP contribution in [0.1, 0.15) is 21.7 Å². The van der Waals surface area contributed by atoms with E-state index in [0.29, 0.717) is 47.7 Å². The van der Waals surface area contributed by atoms with Crippen LogP contribution >= 0.6 is 0 Å². The van der Waals surface area contributed by atoms with Gasteiger partial charge in [0.15, 0.2) is 0 Å². The van der Waals surface area contributed by atoms with Crippen LogP contribution in [0.25, 0.3) is 11.1 Å². The molecule has 0 aliphatic carbocycles. The molecule has 7 heteroatoms. The molecule has 114 valence electrons. The number of esters is 1. The zero-order chi connectivity index (χ0) is 15.4. The minimum Gasteiger partial charge on any atom is -0.465 e. The van der Waals surface area contributed by atoms with E-state index >= 15 is 0 Å². The maximum Gasteiger partial charge on any atom is 0.311 e. The number of aryl methyl sites for hydroxylation is 2. The van der Waals surface area contributed by atoms with Crippen molar-refractivity contribution >= 4 is 23.0 Å². The molecule has 22 heavy (non-hydrogen) atoms. The number of ether oxygens (including phenoxy) is 1. The van der Waals surface area contributed by atoms with E-state index in [0.717, 1.165) is 0 Å². The van der Waals surface area contributed by atoms with Crippen LogP contribution in [-0.4, -0.2) is 46.6 Å². The van der Waals surface area contributed by atoms with Crippen LogP contribution in [0.15, 0.2) is 10.6 Å². The maximum absolute atomic E-state index is 12.9. The molecule has 4 heterocycles. The third-order valence-corrected chi connectivity index (χ3v) is 4.45. The first-order valence-electron chi connectivity index (χ1n) is 7.24. The SMILES string of the molecule is Cc1cc(C(=O)N2C[C@@H]3COC(=O)[C@@H]3C2)c2c(C)noc2n1. The van der Waals surface area contributed by atoms with Crippen molar-refractivity contribution in [2.45, 2.75) is 13.8 Å².